The van der Waals surface area contributed by atoms with Crippen LogP contribution >= 0.6 is 23.4 Å². The van der Waals surface area contributed by atoms with Crippen LogP contribution in [0.15, 0.2) is 58.1 Å². The number of fused-ring (bicyclic) bond motifs is 1. The zero-order chi connectivity index (χ0) is 24.4. The summed E-state index contributed by atoms with van der Waals surface area (Å²) in [6, 6.07) is 11.2. The van der Waals surface area contributed by atoms with Crippen LogP contribution in [0.4, 0.5) is 0 Å². The predicted molar refractivity (Wildman–Crippen MR) is 134 cm³/mol. The zero-order valence-electron chi connectivity index (χ0n) is 18.7. The van der Waals surface area contributed by atoms with E-state index in [4.69, 9.17) is 26.5 Å². The van der Waals surface area contributed by atoms with Gasteiger partial charge < -0.3 is 9.47 Å². The average Bonchev–Trinajstić information content (AvgIpc) is 3.19. The molecule has 0 radical (unpaired) electrons. The summed E-state index contributed by atoms with van der Waals surface area (Å²) in [5.74, 6) is -0.208. The number of carbonyl (C=O) groups is 2. The van der Waals surface area contributed by atoms with Gasteiger partial charge in [0.1, 0.15) is 5.04 Å². The van der Waals surface area contributed by atoms with E-state index in [2.05, 4.69) is 23.9 Å². The summed E-state index contributed by atoms with van der Waals surface area (Å²) in [4.78, 5) is 29.2. The van der Waals surface area contributed by atoms with Crippen LogP contribution in [0.5, 0.6) is 11.5 Å². The average molecular weight is 497 g/mol. The molecule has 0 saturated heterocycles. The number of nitrogens with zero attached hydrogens (tertiary/aromatic N) is 3. The van der Waals surface area contributed by atoms with Crippen molar-refractivity contribution >= 4 is 57.4 Å². The molecule has 174 valence electrons. The van der Waals surface area contributed by atoms with E-state index in [0.29, 0.717) is 33.0 Å². The summed E-state index contributed by atoms with van der Waals surface area (Å²) in [6.07, 6.45) is 2.28. The molecule has 4 rings (SSSR count). The normalized spacial score (nSPS) is 16.5. The second-order valence-corrected chi connectivity index (χ2v) is 9.40. The number of amides is 1. The van der Waals surface area contributed by atoms with Crippen LogP contribution in [-0.2, 0) is 4.79 Å². The van der Waals surface area contributed by atoms with Crippen molar-refractivity contribution in [3.63, 3.8) is 0 Å². The van der Waals surface area contributed by atoms with Crippen LogP contribution in [0.3, 0.4) is 0 Å². The number of nitrogens with one attached hydrogen (secondary N) is 1. The maximum atomic E-state index is 12.6. The Balaban J connectivity index is 1.57. The van der Waals surface area contributed by atoms with E-state index in [-0.39, 0.29) is 17.2 Å². The number of halogens is 1. The minimum absolute atomic E-state index is 0.0431. The first kappa shape index (κ1) is 23.7. The van der Waals surface area contributed by atoms with Gasteiger partial charge in [-0.15, -0.1) is 0 Å². The largest absolute Gasteiger partial charge is 0.493 e. The van der Waals surface area contributed by atoms with Crippen LogP contribution in [0.2, 0.25) is 5.02 Å². The summed E-state index contributed by atoms with van der Waals surface area (Å²) in [5.41, 5.74) is 1.02. The quantitative estimate of drug-likeness (QED) is 0.333. The van der Waals surface area contributed by atoms with Gasteiger partial charge in [-0.2, -0.15) is 15.1 Å². The number of methoxy groups -OCH3 is 1. The number of hydrazone groups is 1. The third-order valence-corrected chi connectivity index (χ3v) is 6.04. The van der Waals surface area contributed by atoms with Gasteiger partial charge in [0.05, 0.1) is 18.2 Å². The monoisotopic (exact) mass is 496 g/mol. The molecule has 1 N–H and O–H groups in total. The highest BCUT2D eigenvalue weighted by atomic mass is 35.5. The molecular formula is C24H21ClN4O4S. The molecule has 34 heavy (non-hydrogen) atoms. The van der Waals surface area contributed by atoms with E-state index < -0.39 is 11.9 Å². The summed E-state index contributed by atoms with van der Waals surface area (Å²) in [7, 11) is 1.45. The Labute approximate surface area is 205 Å². The number of benzene rings is 2. The number of hydrogen-bond donors (Lipinski definition) is 1. The number of ether oxygens (including phenoxy) is 2. The molecule has 10 heteroatoms. The Kier molecular flexibility index (Phi) is 6.85. The van der Waals surface area contributed by atoms with Gasteiger partial charge >= 0.3 is 5.97 Å². The van der Waals surface area contributed by atoms with E-state index >= 15 is 0 Å². The maximum Gasteiger partial charge on any atom is 0.343 e. The Morgan fingerprint density at radius 3 is 2.62 bits per heavy atom. The van der Waals surface area contributed by atoms with Crippen molar-refractivity contribution in [2.75, 3.05) is 7.11 Å². The third-order valence-electron chi connectivity index (χ3n) is 4.86. The second kappa shape index (κ2) is 9.82. The van der Waals surface area contributed by atoms with Crippen LogP contribution < -0.4 is 9.47 Å². The molecule has 2 aliphatic heterocycles. The van der Waals surface area contributed by atoms with Crippen LogP contribution in [0, 0.1) is 11.3 Å². The number of amidine groups is 2. The molecule has 0 aromatic heterocycles. The van der Waals surface area contributed by atoms with Crippen molar-refractivity contribution < 1.29 is 19.1 Å². The Morgan fingerprint density at radius 2 is 1.94 bits per heavy atom. The van der Waals surface area contributed by atoms with Gasteiger partial charge in [-0.1, -0.05) is 31.5 Å². The SMILES string of the molecule is COc1cc(C=C2C(=N)N3N=C(CC(C)C)SC3=NC2=O)ccc1OC(=O)c1ccc(Cl)cc1. The number of esters is 1. The number of thioether (sulfide) groups is 1. The molecule has 0 bridgehead atoms. The highest BCUT2D eigenvalue weighted by Crippen LogP contribution is 2.33. The molecule has 2 aromatic carbocycles. The summed E-state index contributed by atoms with van der Waals surface area (Å²) in [5, 5.41) is 16.1. The summed E-state index contributed by atoms with van der Waals surface area (Å²) < 4.78 is 10.8. The highest BCUT2D eigenvalue weighted by molar-refractivity contribution is 8.26. The standard InChI is InChI=1S/C24H21ClN4O4S/c1-13(2)10-20-28-29-21(26)17(22(30)27-24(29)34-20)11-14-4-9-18(19(12-14)32-3)33-23(31)15-5-7-16(25)8-6-15/h4-9,11-13,26H,10H2,1-3H3. The minimum atomic E-state index is -0.561. The maximum absolute atomic E-state index is 12.6. The fraction of sp³-hybridized carbons (Fsp3) is 0.208. The second-order valence-electron chi connectivity index (χ2n) is 7.92. The molecule has 8 nitrogen and oxygen atoms in total. The minimum Gasteiger partial charge on any atom is -0.493 e. The van der Waals surface area contributed by atoms with Crippen molar-refractivity contribution in [2.45, 2.75) is 20.3 Å². The van der Waals surface area contributed by atoms with Gasteiger partial charge in [-0.3, -0.25) is 10.2 Å². The van der Waals surface area contributed by atoms with Crippen LogP contribution in [-0.4, -0.2) is 40.0 Å². The molecule has 0 spiro atoms. The fourth-order valence-corrected chi connectivity index (χ4v) is 4.46. The predicted octanol–water partition coefficient (Wildman–Crippen LogP) is 5.23. The molecule has 0 fully saturated rings. The van der Waals surface area contributed by atoms with Crippen molar-refractivity contribution in [1.29, 1.82) is 5.41 Å². The third kappa shape index (κ3) is 5.05. The number of hydrogen-bond acceptors (Lipinski definition) is 7. The topological polar surface area (TPSA) is 104 Å². The smallest absolute Gasteiger partial charge is 0.343 e. The molecule has 2 heterocycles. The summed E-state index contributed by atoms with van der Waals surface area (Å²) in [6.45, 7) is 4.15. The first-order valence-corrected chi connectivity index (χ1v) is 11.6. The molecule has 2 aromatic rings. The molecule has 2 aliphatic rings. The molecule has 0 aliphatic carbocycles. The molecule has 0 unspecified atom stereocenters. The van der Waals surface area contributed by atoms with E-state index in [1.54, 1.807) is 48.5 Å². The fourth-order valence-electron chi connectivity index (χ4n) is 3.23. The Morgan fingerprint density at radius 1 is 1.21 bits per heavy atom. The molecule has 1 amide bonds. The van der Waals surface area contributed by atoms with Gasteiger partial charge in [0.25, 0.3) is 5.91 Å². The zero-order valence-corrected chi connectivity index (χ0v) is 20.2. The lowest BCUT2D eigenvalue weighted by Crippen LogP contribution is -2.35. The molecule has 0 saturated carbocycles. The molecular weight excluding hydrogens is 476 g/mol. The number of aliphatic imine (C=N–C) groups is 1. The van der Waals surface area contributed by atoms with Crippen molar-refractivity contribution in [2.24, 2.45) is 16.0 Å². The lowest BCUT2D eigenvalue weighted by molar-refractivity contribution is -0.114. The van der Waals surface area contributed by atoms with E-state index in [0.717, 1.165) is 11.5 Å². The van der Waals surface area contributed by atoms with Gasteiger partial charge in [0.2, 0.25) is 5.17 Å². The number of carbonyl (C=O) groups excluding carboxylic acids is 2. The van der Waals surface area contributed by atoms with Gasteiger partial charge in [-0.25, -0.2) is 4.79 Å². The van der Waals surface area contributed by atoms with Crippen LogP contribution in [0.25, 0.3) is 6.08 Å². The lowest BCUT2D eigenvalue weighted by Gasteiger charge is -2.20. The summed E-state index contributed by atoms with van der Waals surface area (Å²) >= 11 is 7.18. The van der Waals surface area contributed by atoms with Gasteiger partial charge in [0, 0.05) is 11.4 Å². The van der Waals surface area contributed by atoms with Crippen LogP contribution in [0.1, 0.15) is 36.2 Å². The van der Waals surface area contributed by atoms with Crippen molar-refractivity contribution in [1.82, 2.24) is 5.01 Å². The van der Waals surface area contributed by atoms with Crippen molar-refractivity contribution in [3.8, 4) is 11.5 Å². The van der Waals surface area contributed by atoms with Gasteiger partial charge in [0.15, 0.2) is 17.3 Å². The van der Waals surface area contributed by atoms with Crippen molar-refractivity contribution in [3.05, 3.63) is 64.2 Å². The Hall–Kier alpha value is -3.43. The molecule has 0 atom stereocenters. The van der Waals surface area contributed by atoms with E-state index in [1.807, 2.05) is 0 Å². The van der Waals surface area contributed by atoms with E-state index in [1.165, 1.54) is 23.9 Å². The first-order chi connectivity index (χ1) is 16.2. The number of rotatable bonds is 6. The first-order valence-electron chi connectivity index (χ1n) is 10.4. The Bertz CT molecular complexity index is 1270. The lowest BCUT2D eigenvalue weighted by atomic mass is 10.1. The van der Waals surface area contributed by atoms with Gasteiger partial charge in [-0.05, 0) is 65.7 Å². The van der Waals surface area contributed by atoms with E-state index in [9.17, 15) is 9.59 Å². The highest BCUT2D eigenvalue weighted by Gasteiger charge is 2.35.